The number of benzene rings is 2. The molecule has 1 aliphatic rings. The van der Waals surface area contributed by atoms with Crippen LogP contribution in [-0.4, -0.2) is 36.2 Å². The Balaban J connectivity index is 1.67. The van der Waals surface area contributed by atoms with Crippen LogP contribution in [0.2, 0.25) is 0 Å². The SMILES string of the molecule is CC[C@@H](C)[C@H](NC(=O)C1(c2ccc(OC)cc2)CCOCC1)c1nc2ccccc2[nH]1. The molecule has 2 atom stereocenters. The number of methoxy groups -OCH3 is 1. The first kappa shape index (κ1) is 21.4. The van der Waals surface area contributed by atoms with Crippen LogP contribution >= 0.6 is 0 Å². The second kappa shape index (κ2) is 9.10. The number of carbonyl (C=O) groups is 1. The predicted octanol–water partition coefficient (Wildman–Crippen LogP) is 4.52. The minimum Gasteiger partial charge on any atom is -0.497 e. The molecule has 2 aromatic carbocycles. The van der Waals surface area contributed by atoms with Crippen LogP contribution in [0.4, 0.5) is 0 Å². The van der Waals surface area contributed by atoms with E-state index in [2.05, 4.69) is 24.1 Å². The van der Waals surface area contributed by atoms with Crippen molar-refractivity contribution in [2.45, 2.75) is 44.6 Å². The maximum atomic E-state index is 13.9. The second-order valence-electron chi connectivity index (χ2n) is 8.40. The highest BCUT2D eigenvalue weighted by atomic mass is 16.5. The fourth-order valence-electron chi connectivity index (χ4n) is 4.39. The van der Waals surface area contributed by atoms with E-state index in [1.165, 1.54) is 0 Å². The third-order valence-electron chi connectivity index (χ3n) is 6.63. The van der Waals surface area contributed by atoms with Gasteiger partial charge in [0.1, 0.15) is 11.6 Å². The Labute approximate surface area is 183 Å². The van der Waals surface area contributed by atoms with Crippen molar-refractivity contribution in [3.63, 3.8) is 0 Å². The van der Waals surface area contributed by atoms with Crippen LogP contribution < -0.4 is 10.1 Å². The molecule has 4 rings (SSSR count). The van der Waals surface area contributed by atoms with Crippen LogP contribution in [0.15, 0.2) is 48.5 Å². The highest BCUT2D eigenvalue weighted by Crippen LogP contribution is 2.37. The molecule has 1 fully saturated rings. The molecule has 1 aliphatic heterocycles. The molecule has 1 amide bonds. The normalized spacial score (nSPS) is 17.8. The van der Waals surface area contributed by atoms with Crippen molar-refractivity contribution >= 4 is 16.9 Å². The largest absolute Gasteiger partial charge is 0.497 e. The molecule has 31 heavy (non-hydrogen) atoms. The first-order chi connectivity index (χ1) is 15.1. The van der Waals surface area contributed by atoms with Gasteiger partial charge in [-0.25, -0.2) is 4.98 Å². The lowest BCUT2D eigenvalue weighted by Gasteiger charge is -2.38. The van der Waals surface area contributed by atoms with Crippen LogP contribution in [0.1, 0.15) is 50.5 Å². The van der Waals surface area contributed by atoms with Crippen LogP contribution in [0.3, 0.4) is 0 Å². The number of para-hydroxylation sites is 2. The van der Waals surface area contributed by atoms with Gasteiger partial charge in [-0.3, -0.25) is 4.79 Å². The van der Waals surface area contributed by atoms with Gasteiger partial charge in [0.25, 0.3) is 0 Å². The first-order valence-corrected chi connectivity index (χ1v) is 11.1. The fourth-order valence-corrected chi connectivity index (χ4v) is 4.39. The third kappa shape index (κ3) is 4.17. The number of amides is 1. The molecular weight excluding hydrogens is 390 g/mol. The van der Waals surface area contributed by atoms with Crippen molar-refractivity contribution < 1.29 is 14.3 Å². The Morgan fingerprint density at radius 3 is 2.55 bits per heavy atom. The van der Waals surface area contributed by atoms with Crippen molar-refractivity contribution in [2.75, 3.05) is 20.3 Å². The molecular formula is C25H31N3O3. The number of nitrogens with one attached hydrogen (secondary N) is 2. The van der Waals surface area contributed by atoms with E-state index in [0.717, 1.165) is 34.6 Å². The van der Waals surface area contributed by atoms with Gasteiger partial charge >= 0.3 is 0 Å². The summed E-state index contributed by atoms with van der Waals surface area (Å²) >= 11 is 0. The first-order valence-electron chi connectivity index (χ1n) is 11.1. The van der Waals surface area contributed by atoms with Crippen molar-refractivity contribution in [1.82, 2.24) is 15.3 Å². The smallest absolute Gasteiger partial charge is 0.231 e. The van der Waals surface area contributed by atoms with Gasteiger partial charge in [0.15, 0.2) is 0 Å². The van der Waals surface area contributed by atoms with Gasteiger partial charge in [0.05, 0.1) is 29.6 Å². The van der Waals surface area contributed by atoms with E-state index in [0.29, 0.717) is 26.1 Å². The van der Waals surface area contributed by atoms with Gasteiger partial charge in [-0.15, -0.1) is 0 Å². The number of rotatable bonds is 7. The number of imidazole rings is 1. The minimum absolute atomic E-state index is 0.0340. The van der Waals surface area contributed by atoms with Gasteiger partial charge in [-0.1, -0.05) is 44.5 Å². The monoisotopic (exact) mass is 421 g/mol. The molecule has 3 aromatic rings. The van der Waals surface area contributed by atoms with E-state index in [9.17, 15) is 4.79 Å². The molecule has 0 spiro atoms. The highest BCUT2D eigenvalue weighted by molar-refractivity contribution is 5.89. The maximum absolute atomic E-state index is 13.9. The summed E-state index contributed by atoms with van der Waals surface area (Å²) in [5.41, 5.74) is 2.27. The number of hydrogen-bond acceptors (Lipinski definition) is 4. The summed E-state index contributed by atoms with van der Waals surface area (Å²) in [5.74, 6) is 1.86. The lowest BCUT2D eigenvalue weighted by atomic mass is 9.73. The van der Waals surface area contributed by atoms with Crippen LogP contribution in [0.25, 0.3) is 11.0 Å². The number of aromatic amines is 1. The van der Waals surface area contributed by atoms with Crippen molar-refractivity contribution in [3.05, 3.63) is 59.9 Å². The summed E-state index contributed by atoms with van der Waals surface area (Å²) in [7, 11) is 1.65. The minimum atomic E-state index is -0.623. The lowest BCUT2D eigenvalue weighted by molar-refractivity contribution is -0.131. The third-order valence-corrected chi connectivity index (χ3v) is 6.63. The average Bonchev–Trinajstić information content (AvgIpc) is 3.26. The Kier molecular flexibility index (Phi) is 6.28. The maximum Gasteiger partial charge on any atom is 0.231 e. The summed E-state index contributed by atoms with van der Waals surface area (Å²) in [6, 6.07) is 15.6. The molecule has 6 nitrogen and oxygen atoms in total. The van der Waals surface area contributed by atoms with E-state index in [1.807, 2.05) is 48.5 Å². The van der Waals surface area contributed by atoms with Gasteiger partial charge in [0, 0.05) is 13.2 Å². The summed E-state index contributed by atoms with van der Waals surface area (Å²) in [4.78, 5) is 22.1. The molecule has 0 bridgehead atoms. The molecule has 0 saturated carbocycles. The van der Waals surface area contributed by atoms with Crippen LogP contribution in [0, 0.1) is 5.92 Å². The molecule has 0 radical (unpaired) electrons. The summed E-state index contributed by atoms with van der Waals surface area (Å²) in [6.45, 7) is 5.43. The summed E-state index contributed by atoms with van der Waals surface area (Å²) in [5, 5.41) is 3.36. The summed E-state index contributed by atoms with van der Waals surface area (Å²) in [6.07, 6.45) is 2.23. The number of fused-ring (bicyclic) bond motifs is 1. The Morgan fingerprint density at radius 2 is 1.90 bits per heavy atom. The molecule has 2 N–H and O–H groups in total. The predicted molar refractivity (Wildman–Crippen MR) is 121 cm³/mol. The van der Waals surface area contributed by atoms with E-state index >= 15 is 0 Å². The number of ether oxygens (including phenoxy) is 2. The van der Waals surface area contributed by atoms with E-state index in [4.69, 9.17) is 14.5 Å². The molecule has 6 heteroatoms. The molecule has 0 aliphatic carbocycles. The van der Waals surface area contributed by atoms with Crippen LogP contribution in [-0.2, 0) is 14.9 Å². The molecule has 1 aromatic heterocycles. The number of hydrogen-bond donors (Lipinski definition) is 2. The van der Waals surface area contributed by atoms with E-state index < -0.39 is 5.41 Å². The number of carbonyl (C=O) groups excluding carboxylic acids is 1. The van der Waals surface area contributed by atoms with Crippen LogP contribution in [0.5, 0.6) is 5.75 Å². The topological polar surface area (TPSA) is 76.2 Å². The zero-order chi connectivity index (χ0) is 21.8. The standard InChI is InChI=1S/C25H31N3O3/c1-4-17(2)22(23-26-20-7-5-6-8-21(20)27-23)28-24(29)25(13-15-31-16-14-25)18-9-11-19(30-3)12-10-18/h5-12,17,22H,4,13-16H2,1-3H3,(H,26,27)(H,28,29)/t17-,22+/m1/s1. The van der Waals surface area contributed by atoms with Gasteiger partial charge in [0.2, 0.25) is 5.91 Å². The van der Waals surface area contributed by atoms with Crippen molar-refractivity contribution in [2.24, 2.45) is 5.92 Å². The number of aromatic nitrogens is 2. The van der Waals surface area contributed by atoms with Gasteiger partial charge in [-0.05, 0) is 48.6 Å². The molecule has 0 unspecified atom stereocenters. The van der Waals surface area contributed by atoms with E-state index in [1.54, 1.807) is 7.11 Å². The van der Waals surface area contributed by atoms with E-state index in [-0.39, 0.29) is 17.9 Å². The zero-order valence-corrected chi connectivity index (χ0v) is 18.5. The second-order valence-corrected chi connectivity index (χ2v) is 8.40. The van der Waals surface area contributed by atoms with Gasteiger partial charge in [-0.2, -0.15) is 0 Å². The Bertz CT molecular complexity index is 989. The van der Waals surface area contributed by atoms with Crippen molar-refractivity contribution in [3.8, 4) is 5.75 Å². The highest BCUT2D eigenvalue weighted by Gasteiger charge is 2.43. The molecule has 164 valence electrons. The van der Waals surface area contributed by atoms with Gasteiger partial charge < -0.3 is 19.8 Å². The lowest BCUT2D eigenvalue weighted by Crippen LogP contribution is -2.50. The Hall–Kier alpha value is -2.86. The number of H-pyrrole nitrogens is 1. The molecule has 1 saturated heterocycles. The average molecular weight is 422 g/mol. The Morgan fingerprint density at radius 1 is 1.19 bits per heavy atom. The quantitative estimate of drug-likeness (QED) is 0.588. The fraction of sp³-hybridized carbons (Fsp3) is 0.440. The molecule has 2 heterocycles. The summed E-state index contributed by atoms with van der Waals surface area (Å²) < 4.78 is 10.9. The number of nitrogens with zero attached hydrogens (tertiary/aromatic N) is 1. The van der Waals surface area contributed by atoms with Crippen molar-refractivity contribution in [1.29, 1.82) is 0 Å². The zero-order valence-electron chi connectivity index (χ0n) is 18.5.